The second-order valence-electron chi connectivity index (χ2n) is 12.2. The van der Waals surface area contributed by atoms with Crippen molar-refractivity contribution in [2.75, 3.05) is 0 Å². The molecule has 4 aromatic heterocycles. The first-order valence-electron chi connectivity index (χ1n) is 16.4. The average molecular weight is 629 g/mol. The van der Waals surface area contributed by atoms with Gasteiger partial charge in [-0.1, -0.05) is 121 Å². The number of benzene rings is 6. The van der Waals surface area contributed by atoms with Crippen LogP contribution in [0.4, 0.5) is 0 Å². The third-order valence-corrected chi connectivity index (χ3v) is 9.33. The highest BCUT2D eigenvalue weighted by atomic mass is 15.4. The fourth-order valence-corrected chi connectivity index (χ4v) is 7.15. The molecule has 0 spiro atoms. The van der Waals surface area contributed by atoms with E-state index in [-0.39, 0.29) is 0 Å². The van der Waals surface area contributed by atoms with E-state index in [4.69, 9.17) is 15.1 Å². The van der Waals surface area contributed by atoms with Crippen molar-refractivity contribution < 1.29 is 0 Å². The molecule has 230 valence electrons. The van der Waals surface area contributed by atoms with Crippen LogP contribution in [-0.2, 0) is 0 Å². The van der Waals surface area contributed by atoms with Gasteiger partial charge in [-0.25, -0.2) is 14.6 Å². The summed E-state index contributed by atoms with van der Waals surface area (Å²) in [6, 6.07) is 58.8. The minimum atomic E-state index is 0.688. The largest absolute Gasteiger partial charge is 0.294 e. The van der Waals surface area contributed by atoms with Gasteiger partial charge < -0.3 is 0 Å². The summed E-state index contributed by atoms with van der Waals surface area (Å²) in [7, 11) is 0. The molecule has 0 atom stereocenters. The van der Waals surface area contributed by atoms with E-state index in [1.807, 2.05) is 53.2 Å². The number of rotatable bonds is 5. The van der Waals surface area contributed by atoms with Gasteiger partial charge >= 0.3 is 0 Å². The first kappa shape index (κ1) is 27.3. The monoisotopic (exact) mass is 628 g/mol. The number of para-hydroxylation sites is 3. The van der Waals surface area contributed by atoms with Crippen molar-refractivity contribution in [3.05, 3.63) is 170 Å². The maximum Gasteiger partial charge on any atom is 0.182 e. The van der Waals surface area contributed by atoms with Crippen molar-refractivity contribution >= 4 is 43.6 Å². The Bertz CT molecular complexity index is 2770. The molecule has 10 rings (SSSR count). The van der Waals surface area contributed by atoms with Gasteiger partial charge in [-0.3, -0.25) is 9.13 Å². The summed E-state index contributed by atoms with van der Waals surface area (Å²) in [5.74, 6) is 3.22. The zero-order valence-corrected chi connectivity index (χ0v) is 26.3. The van der Waals surface area contributed by atoms with Crippen molar-refractivity contribution in [1.82, 2.24) is 28.9 Å². The summed E-state index contributed by atoms with van der Waals surface area (Å²) >= 11 is 0. The third kappa shape index (κ3) is 4.31. The van der Waals surface area contributed by atoms with Crippen LogP contribution in [0.15, 0.2) is 170 Å². The Labute approximate surface area is 281 Å². The van der Waals surface area contributed by atoms with Gasteiger partial charge in [0.1, 0.15) is 11.6 Å². The molecule has 0 aliphatic carbocycles. The van der Waals surface area contributed by atoms with Crippen molar-refractivity contribution in [3.8, 4) is 40.1 Å². The smallest absolute Gasteiger partial charge is 0.182 e. The van der Waals surface area contributed by atoms with Crippen LogP contribution in [-0.4, -0.2) is 28.9 Å². The molecule has 0 unspecified atom stereocenters. The summed E-state index contributed by atoms with van der Waals surface area (Å²) in [6.07, 6.45) is 0. The lowest BCUT2D eigenvalue weighted by Crippen LogP contribution is -2.03. The SMILES string of the molecule is c1ccc(-c2nc(-c3ccccc3)n(-c3ccc4c(c3)c3ccccc3n4-c3cccc(-n4c5ccccc5c5ccccc54)n3)n2)cc1. The second kappa shape index (κ2) is 10.9. The summed E-state index contributed by atoms with van der Waals surface area (Å²) in [4.78, 5) is 10.4. The summed E-state index contributed by atoms with van der Waals surface area (Å²) in [6.45, 7) is 0. The van der Waals surface area contributed by atoms with Crippen LogP contribution in [0.1, 0.15) is 0 Å². The quantitative estimate of drug-likeness (QED) is 0.191. The minimum Gasteiger partial charge on any atom is -0.294 e. The molecule has 0 amide bonds. The van der Waals surface area contributed by atoms with Crippen molar-refractivity contribution in [2.45, 2.75) is 0 Å². The van der Waals surface area contributed by atoms with Gasteiger partial charge in [0.25, 0.3) is 0 Å². The van der Waals surface area contributed by atoms with E-state index in [0.717, 1.165) is 67.1 Å². The fourth-order valence-electron chi connectivity index (χ4n) is 7.15. The Balaban J connectivity index is 1.17. The third-order valence-electron chi connectivity index (χ3n) is 9.33. The first-order valence-corrected chi connectivity index (χ1v) is 16.4. The molecular formula is C43H28N6. The lowest BCUT2D eigenvalue weighted by Gasteiger charge is -2.12. The number of hydrogen-bond acceptors (Lipinski definition) is 3. The molecule has 0 radical (unpaired) electrons. The highest BCUT2D eigenvalue weighted by molar-refractivity contribution is 6.10. The molecule has 6 heteroatoms. The molecule has 0 N–H and O–H groups in total. The van der Waals surface area contributed by atoms with E-state index in [0.29, 0.717) is 5.82 Å². The van der Waals surface area contributed by atoms with Gasteiger partial charge in [-0.15, -0.1) is 5.10 Å². The molecule has 49 heavy (non-hydrogen) atoms. The van der Waals surface area contributed by atoms with Crippen LogP contribution in [0.3, 0.4) is 0 Å². The van der Waals surface area contributed by atoms with Crippen LogP contribution >= 0.6 is 0 Å². The molecule has 0 aliphatic rings. The van der Waals surface area contributed by atoms with Gasteiger partial charge in [0.2, 0.25) is 0 Å². The molecule has 0 saturated carbocycles. The molecule has 10 aromatic rings. The Kier molecular flexibility index (Phi) is 6.08. The van der Waals surface area contributed by atoms with E-state index in [1.165, 1.54) is 10.8 Å². The molecule has 0 fully saturated rings. The van der Waals surface area contributed by atoms with E-state index >= 15 is 0 Å². The van der Waals surface area contributed by atoms with Gasteiger partial charge in [0, 0.05) is 32.7 Å². The maximum atomic E-state index is 5.33. The Hall–Kier alpha value is -6.79. The highest BCUT2D eigenvalue weighted by Crippen LogP contribution is 2.36. The Morgan fingerprint density at radius 2 is 0.857 bits per heavy atom. The minimum absolute atomic E-state index is 0.688. The lowest BCUT2D eigenvalue weighted by atomic mass is 10.1. The number of hydrogen-bond donors (Lipinski definition) is 0. The average Bonchev–Trinajstić information content (AvgIpc) is 3.86. The first-order chi connectivity index (χ1) is 24.3. The Morgan fingerprint density at radius 3 is 1.45 bits per heavy atom. The normalized spacial score (nSPS) is 11.7. The predicted molar refractivity (Wildman–Crippen MR) is 199 cm³/mol. The second-order valence-corrected chi connectivity index (χ2v) is 12.2. The van der Waals surface area contributed by atoms with E-state index < -0.39 is 0 Å². The van der Waals surface area contributed by atoms with Gasteiger partial charge in [-0.05, 0) is 48.5 Å². The summed E-state index contributed by atoms with van der Waals surface area (Å²) in [5.41, 5.74) is 7.36. The molecule has 0 saturated heterocycles. The van der Waals surface area contributed by atoms with Crippen LogP contribution in [0.2, 0.25) is 0 Å². The van der Waals surface area contributed by atoms with Gasteiger partial charge in [0.15, 0.2) is 11.6 Å². The van der Waals surface area contributed by atoms with E-state index in [2.05, 4.69) is 130 Å². The fraction of sp³-hybridized carbons (Fsp3) is 0. The van der Waals surface area contributed by atoms with Crippen LogP contribution in [0.25, 0.3) is 83.7 Å². The molecule has 0 bridgehead atoms. The summed E-state index contributed by atoms with van der Waals surface area (Å²) < 4.78 is 6.49. The topological polar surface area (TPSA) is 53.5 Å². The van der Waals surface area contributed by atoms with Gasteiger partial charge in [-0.2, -0.15) is 0 Å². The van der Waals surface area contributed by atoms with Crippen LogP contribution < -0.4 is 0 Å². The van der Waals surface area contributed by atoms with Crippen LogP contribution in [0.5, 0.6) is 0 Å². The zero-order chi connectivity index (χ0) is 32.3. The Morgan fingerprint density at radius 1 is 0.367 bits per heavy atom. The summed E-state index contributed by atoms with van der Waals surface area (Å²) in [5, 5.41) is 9.75. The lowest BCUT2D eigenvalue weighted by molar-refractivity contribution is 0.892. The standard InChI is InChI=1S/C43H28N6/c1-3-14-29(15-4-1)42-45-43(30-16-5-2-6-17-30)49(46-42)31-26-27-39-35(28-31)34-20-9-12-23-38(34)48(39)41-25-13-24-40(44-41)47-36-21-10-7-18-32(36)33-19-8-11-22-37(33)47/h1-28H. The molecule has 0 aliphatic heterocycles. The van der Waals surface area contributed by atoms with E-state index in [1.54, 1.807) is 0 Å². The number of nitrogens with zero attached hydrogens (tertiary/aromatic N) is 6. The number of fused-ring (bicyclic) bond motifs is 6. The van der Waals surface area contributed by atoms with Gasteiger partial charge in [0.05, 0.1) is 27.8 Å². The number of aromatic nitrogens is 6. The van der Waals surface area contributed by atoms with Crippen LogP contribution in [0, 0.1) is 0 Å². The number of pyridine rings is 1. The predicted octanol–water partition coefficient (Wildman–Crippen LogP) is 10.2. The van der Waals surface area contributed by atoms with E-state index in [9.17, 15) is 0 Å². The van der Waals surface area contributed by atoms with Crippen molar-refractivity contribution in [1.29, 1.82) is 0 Å². The zero-order valence-electron chi connectivity index (χ0n) is 26.3. The molecule has 6 nitrogen and oxygen atoms in total. The van der Waals surface area contributed by atoms with Crippen molar-refractivity contribution in [2.24, 2.45) is 0 Å². The molecule has 4 heterocycles. The highest BCUT2D eigenvalue weighted by Gasteiger charge is 2.19. The maximum absolute atomic E-state index is 5.33. The van der Waals surface area contributed by atoms with Crippen molar-refractivity contribution in [3.63, 3.8) is 0 Å². The molecular weight excluding hydrogens is 601 g/mol. The molecule has 6 aromatic carbocycles.